The van der Waals surface area contributed by atoms with Gasteiger partial charge in [-0.05, 0) is 56.5 Å². The Balaban J connectivity index is 1.67. The summed E-state index contributed by atoms with van der Waals surface area (Å²) in [7, 11) is -0.791. The number of hydrogen-bond donors (Lipinski definition) is 1. The Morgan fingerprint density at radius 1 is 0.921 bits per heavy atom. The van der Waals surface area contributed by atoms with Crippen LogP contribution < -0.4 is 14.2 Å². The summed E-state index contributed by atoms with van der Waals surface area (Å²) in [6, 6.07) is 14.4. The molecule has 0 unspecified atom stereocenters. The second-order valence-electron chi connectivity index (χ2n) is 8.92. The summed E-state index contributed by atoms with van der Waals surface area (Å²) in [6.07, 6.45) is 0. The fourth-order valence-corrected chi connectivity index (χ4v) is 5.45. The van der Waals surface area contributed by atoms with Crippen LogP contribution in [0.3, 0.4) is 0 Å². The molecule has 38 heavy (non-hydrogen) atoms. The maximum absolute atomic E-state index is 13.4. The smallest absolute Gasteiger partial charge is 0.264 e. The third kappa shape index (κ3) is 5.66. The van der Waals surface area contributed by atoms with E-state index >= 15 is 0 Å². The summed E-state index contributed by atoms with van der Waals surface area (Å²) in [4.78, 5) is 4.53. The van der Waals surface area contributed by atoms with Gasteiger partial charge in [-0.2, -0.15) is 0 Å². The summed E-state index contributed by atoms with van der Waals surface area (Å²) in [5.74, 6) is 1.29. The maximum atomic E-state index is 13.4. The van der Waals surface area contributed by atoms with E-state index < -0.39 is 10.0 Å². The van der Waals surface area contributed by atoms with E-state index in [-0.39, 0.29) is 24.0 Å². The first-order chi connectivity index (χ1) is 18.1. The number of nitrogens with zero attached hydrogens (tertiary/aromatic N) is 2. The summed E-state index contributed by atoms with van der Waals surface area (Å²) >= 11 is 0. The Bertz CT molecular complexity index is 1560. The molecule has 0 spiro atoms. The lowest BCUT2D eigenvalue weighted by atomic mass is 9.98. The number of benzene rings is 2. The van der Waals surface area contributed by atoms with Crippen LogP contribution in [0.4, 0.5) is 5.88 Å². The van der Waals surface area contributed by atoms with E-state index in [1.165, 1.54) is 0 Å². The number of methoxy groups -OCH3 is 2. The predicted molar refractivity (Wildman–Crippen MR) is 144 cm³/mol. The average molecular weight is 538 g/mol. The van der Waals surface area contributed by atoms with Crippen LogP contribution in [0.1, 0.15) is 33.8 Å². The topological polar surface area (TPSA) is 113 Å². The van der Waals surface area contributed by atoms with Crippen molar-refractivity contribution in [1.82, 2.24) is 10.1 Å². The van der Waals surface area contributed by atoms with Crippen molar-refractivity contribution >= 4 is 15.9 Å². The molecule has 1 N–H and O–H groups in total. The third-order valence-electron chi connectivity index (χ3n) is 6.16. The van der Waals surface area contributed by atoms with Crippen molar-refractivity contribution in [3.8, 4) is 22.6 Å². The molecule has 0 aliphatic carbocycles. The molecule has 9 nitrogen and oxygen atoms in total. The molecule has 10 heteroatoms. The molecule has 200 valence electrons. The number of anilines is 1. The normalized spacial score (nSPS) is 11.4. The molecule has 0 radical (unpaired) electrons. The van der Waals surface area contributed by atoms with E-state index in [9.17, 15) is 8.42 Å². The van der Waals surface area contributed by atoms with Crippen LogP contribution in [0, 0.1) is 27.7 Å². The molecule has 0 saturated carbocycles. The number of pyridine rings is 1. The van der Waals surface area contributed by atoms with Crippen LogP contribution in [-0.2, 0) is 28.0 Å². The number of aryl methyl sites for hydroxylation is 3. The van der Waals surface area contributed by atoms with Gasteiger partial charge in [-0.15, -0.1) is 0 Å². The second-order valence-corrected chi connectivity index (χ2v) is 10.6. The molecular formula is C28H31N3O6S. The van der Waals surface area contributed by atoms with Gasteiger partial charge in [0, 0.05) is 30.0 Å². The highest BCUT2D eigenvalue weighted by atomic mass is 32.2. The van der Waals surface area contributed by atoms with Gasteiger partial charge in [0.25, 0.3) is 10.0 Å². The highest BCUT2D eigenvalue weighted by molar-refractivity contribution is 7.92. The molecule has 0 atom stereocenters. The molecule has 2 aromatic carbocycles. The van der Waals surface area contributed by atoms with Crippen LogP contribution in [0.15, 0.2) is 57.9 Å². The number of sulfonamides is 1. The molecule has 4 rings (SSSR count). The van der Waals surface area contributed by atoms with Crippen molar-refractivity contribution in [2.24, 2.45) is 0 Å². The Morgan fingerprint density at radius 3 is 2.37 bits per heavy atom. The second kappa shape index (κ2) is 11.2. The Hall–Kier alpha value is -3.89. The molecule has 4 aromatic rings. The van der Waals surface area contributed by atoms with Crippen LogP contribution >= 0.6 is 0 Å². The van der Waals surface area contributed by atoms with Crippen LogP contribution in [-0.4, -0.2) is 32.8 Å². The van der Waals surface area contributed by atoms with E-state index in [1.54, 1.807) is 52.3 Å². The van der Waals surface area contributed by atoms with Crippen molar-refractivity contribution in [2.45, 2.75) is 45.8 Å². The van der Waals surface area contributed by atoms with Crippen molar-refractivity contribution in [3.63, 3.8) is 0 Å². The van der Waals surface area contributed by atoms with Crippen LogP contribution in [0.5, 0.6) is 11.5 Å². The highest BCUT2D eigenvalue weighted by Crippen LogP contribution is 2.34. The van der Waals surface area contributed by atoms with E-state index in [0.717, 1.165) is 28.1 Å². The predicted octanol–water partition coefficient (Wildman–Crippen LogP) is 5.51. The van der Waals surface area contributed by atoms with E-state index in [4.69, 9.17) is 18.7 Å². The molecule has 0 amide bonds. The number of nitrogens with one attached hydrogen (secondary N) is 1. The zero-order chi connectivity index (χ0) is 27.4. The zero-order valence-electron chi connectivity index (χ0n) is 22.3. The van der Waals surface area contributed by atoms with Gasteiger partial charge >= 0.3 is 0 Å². The molecular weight excluding hydrogens is 506 g/mol. The summed E-state index contributed by atoms with van der Waals surface area (Å²) in [5.41, 5.74) is 5.80. The quantitative estimate of drug-likeness (QED) is 0.282. The highest BCUT2D eigenvalue weighted by Gasteiger charge is 2.24. The van der Waals surface area contributed by atoms with E-state index in [1.807, 2.05) is 38.1 Å². The van der Waals surface area contributed by atoms with Crippen LogP contribution in [0.25, 0.3) is 11.1 Å². The number of rotatable bonds is 10. The molecule has 2 heterocycles. The van der Waals surface area contributed by atoms with Gasteiger partial charge in [0.05, 0.1) is 30.0 Å². The van der Waals surface area contributed by atoms with Crippen LogP contribution in [0.2, 0.25) is 0 Å². The lowest BCUT2D eigenvalue weighted by Gasteiger charge is -2.17. The largest absolute Gasteiger partial charge is 0.491 e. The van der Waals surface area contributed by atoms with Crippen molar-refractivity contribution in [2.75, 3.05) is 18.9 Å². The Labute approximate surface area is 222 Å². The molecule has 0 aliphatic heterocycles. The SMILES string of the molecule is COCc1cc(COc2cc(C)nc(C)c2OC)ccc1-c1ccccc1S(=O)(=O)Nc1onc(C)c1C. The summed E-state index contributed by atoms with van der Waals surface area (Å²) in [5, 5.41) is 3.84. The van der Waals surface area contributed by atoms with E-state index in [2.05, 4.69) is 14.9 Å². The van der Waals surface area contributed by atoms with Crippen molar-refractivity contribution < 1.29 is 27.2 Å². The lowest BCUT2D eigenvalue weighted by Crippen LogP contribution is -2.14. The maximum Gasteiger partial charge on any atom is 0.264 e. The van der Waals surface area contributed by atoms with Crippen molar-refractivity contribution in [1.29, 1.82) is 0 Å². The van der Waals surface area contributed by atoms with Gasteiger partial charge in [-0.25, -0.2) is 13.1 Å². The zero-order valence-corrected chi connectivity index (χ0v) is 23.1. The standard InChI is InChI=1S/C28H31N3O6S/c1-17-13-25(27(35-6)20(4)29-17)36-15-21-11-12-23(22(14-21)16-34-5)24-9-7-8-10-26(24)38(32,33)31-28-18(2)19(3)30-37-28/h7-14,31H,15-16H2,1-6H3. The average Bonchev–Trinajstić information content (AvgIpc) is 3.19. The minimum Gasteiger partial charge on any atom is -0.491 e. The minimum atomic E-state index is -3.97. The fraction of sp³-hybridized carbons (Fsp3) is 0.286. The first-order valence-electron chi connectivity index (χ1n) is 12.0. The minimum absolute atomic E-state index is 0.0962. The fourth-order valence-electron chi connectivity index (χ4n) is 4.18. The van der Waals surface area contributed by atoms with Gasteiger partial charge in [-0.3, -0.25) is 4.98 Å². The van der Waals surface area contributed by atoms with Gasteiger partial charge in [-0.1, -0.05) is 35.5 Å². The van der Waals surface area contributed by atoms with Gasteiger partial charge in [0.2, 0.25) is 5.88 Å². The Kier molecular flexibility index (Phi) is 8.03. The first-order valence-corrected chi connectivity index (χ1v) is 13.4. The number of ether oxygens (including phenoxy) is 3. The number of hydrogen-bond acceptors (Lipinski definition) is 8. The van der Waals surface area contributed by atoms with Gasteiger partial charge in [0.15, 0.2) is 11.5 Å². The van der Waals surface area contributed by atoms with E-state index in [0.29, 0.717) is 28.3 Å². The molecule has 0 bridgehead atoms. The van der Waals surface area contributed by atoms with Gasteiger partial charge < -0.3 is 18.7 Å². The molecule has 2 aromatic heterocycles. The van der Waals surface area contributed by atoms with Crippen molar-refractivity contribution in [3.05, 3.63) is 82.3 Å². The Morgan fingerprint density at radius 2 is 1.68 bits per heavy atom. The third-order valence-corrected chi connectivity index (χ3v) is 7.54. The summed E-state index contributed by atoms with van der Waals surface area (Å²) < 4.78 is 51.5. The summed E-state index contributed by atoms with van der Waals surface area (Å²) in [6.45, 7) is 7.83. The monoisotopic (exact) mass is 537 g/mol. The first kappa shape index (κ1) is 27.2. The molecule has 0 aliphatic rings. The number of aromatic nitrogens is 2. The van der Waals surface area contributed by atoms with Gasteiger partial charge in [0.1, 0.15) is 6.61 Å². The molecule has 0 fully saturated rings. The lowest BCUT2D eigenvalue weighted by molar-refractivity contribution is 0.185. The molecule has 0 saturated heterocycles.